The van der Waals surface area contributed by atoms with E-state index in [1.165, 1.54) is 7.11 Å². The molecule has 0 aliphatic rings. The maximum Gasteiger partial charge on any atom is 0.338 e. The van der Waals surface area contributed by atoms with Crippen LogP contribution in [0, 0.1) is 0 Å². The van der Waals surface area contributed by atoms with Crippen molar-refractivity contribution in [2.75, 3.05) is 7.11 Å². The van der Waals surface area contributed by atoms with E-state index >= 15 is 0 Å². The van der Waals surface area contributed by atoms with Crippen LogP contribution in [0.25, 0.3) is 5.57 Å². The van der Waals surface area contributed by atoms with Gasteiger partial charge in [-0.15, -0.1) is 0 Å². The predicted octanol–water partition coefficient (Wildman–Crippen LogP) is 3.73. The van der Waals surface area contributed by atoms with Crippen molar-refractivity contribution in [1.82, 2.24) is 0 Å². The molecule has 4 heteroatoms. The van der Waals surface area contributed by atoms with E-state index in [1.54, 1.807) is 13.0 Å². The molecule has 4 nitrogen and oxygen atoms in total. The van der Waals surface area contributed by atoms with E-state index < -0.39 is 0 Å². The van der Waals surface area contributed by atoms with Gasteiger partial charge in [0.2, 0.25) is 0 Å². The van der Waals surface area contributed by atoms with Gasteiger partial charge in [0.25, 0.3) is 0 Å². The average molecular weight is 287 g/mol. The van der Waals surface area contributed by atoms with Gasteiger partial charge in [-0.1, -0.05) is 41.6 Å². The van der Waals surface area contributed by atoms with Crippen LogP contribution in [0.4, 0.5) is 0 Å². The van der Waals surface area contributed by atoms with E-state index in [4.69, 9.17) is 9.57 Å². The largest absolute Gasteiger partial charge is 0.465 e. The number of hydrogen-bond donors (Lipinski definition) is 0. The Kier molecular flexibility index (Phi) is 6.95. The summed E-state index contributed by atoms with van der Waals surface area (Å²) >= 11 is 0. The highest BCUT2D eigenvalue weighted by Crippen LogP contribution is 2.21. The quantitative estimate of drug-likeness (QED) is 0.346. The van der Waals surface area contributed by atoms with Crippen molar-refractivity contribution in [1.29, 1.82) is 0 Å². The first kappa shape index (κ1) is 16.7. The van der Waals surface area contributed by atoms with Gasteiger partial charge in [0, 0.05) is 5.56 Å². The normalized spacial score (nSPS) is 12.6. The van der Waals surface area contributed by atoms with Gasteiger partial charge in [-0.2, -0.15) is 0 Å². The third-order valence-electron chi connectivity index (χ3n) is 2.84. The van der Waals surface area contributed by atoms with Gasteiger partial charge in [-0.05, 0) is 32.4 Å². The topological polar surface area (TPSA) is 47.9 Å². The van der Waals surface area contributed by atoms with Crippen LogP contribution in [-0.2, 0) is 21.0 Å². The van der Waals surface area contributed by atoms with Crippen LogP contribution in [0.2, 0.25) is 0 Å². The highest BCUT2D eigenvalue weighted by molar-refractivity contribution is 6.16. The summed E-state index contributed by atoms with van der Waals surface area (Å²) in [4.78, 5) is 17.1. The van der Waals surface area contributed by atoms with Gasteiger partial charge in [-0.3, -0.25) is 0 Å². The fraction of sp³-hybridized carbons (Fsp3) is 0.294. The number of esters is 1. The zero-order chi connectivity index (χ0) is 15.7. The molecule has 0 radical (unpaired) electrons. The second kappa shape index (κ2) is 8.74. The summed E-state index contributed by atoms with van der Waals surface area (Å²) in [5.41, 5.74) is 2.99. The van der Waals surface area contributed by atoms with Gasteiger partial charge in [0.15, 0.2) is 0 Å². The minimum atomic E-state index is -0.362. The van der Waals surface area contributed by atoms with Crippen LogP contribution in [0.5, 0.6) is 0 Å². The van der Waals surface area contributed by atoms with Gasteiger partial charge in [-0.25, -0.2) is 4.79 Å². The second-order valence-corrected chi connectivity index (χ2v) is 4.36. The van der Waals surface area contributed by atoms with Crippen LogP contribution in [0.1, 0.15) is 31.9 Å². The summed E-state index contributed by atoms with van der Waals surface area (Å²) in [6, 6.07) is 7.55. The third kappa shape index (κ3) is 4.91. The lowest BCUT2D eigenvalue weighted by atomic mass is 10.00. The van der Waals surface area contributed by atoms with Crippen LogP contribution >= 0.6 is 0 Å². The van der Waals surface area contributed by atoms with Gasteiger partial charge in [0.1, 0.15) is 6.61 Å². The molecule has 21 heavy (non-hydrogen) atoms. The van der Waals surface area contributed by atoms with Gasteiger partial charge >= 0.3 is 5.97 Å². The summed E-state index contributed by atoms with van der Waals surface area (Å²) in [6.45, 7) is 5.87. The minimum absolute atomic E-state index is 0.291. The SMILES string of the molecule is C/C=C/C(C)=N\OCc1ccccc1/C(=C\C)C(=O)OC. The first-order chi connectivity index (χ1) is 10.1. The Morgan fingerprint density at radius 2 is 2.00 bits per heavy atom. The molecular formula is C17H21NO3. The highest BCUT2D eigenvalue weighted by atomic mass is 16.6. The third-order valence-corrected chi connectivity index (χ3v) is 2.84. The molecule has 1 rings (SSSR count). The highest BCUT2D eigenvalue weighted by Gasteiger charge is 2.14. The molecule has 0 amide bonds. The van der Waals surface area contributed by atoms with Crippen molar-refractivity contribution in [2.45, 2.75) is 27.4 Å². The fourth-order valence-corrected chi connectivity index (χ4v) is 1.88. The van der Waals surface area contributed by atoms with Gasteiger partial charge < -0.3 is 9.57 Å². The van der Waals surface area contributed by atoms with Crippen molar-refractivity contribution in [3.05, 3.63) is 53.6 Å². The van der Waals surface area contributed by atoms with E-state index in [1.807, 2.05) is 50.3 Å². The van der Waals surface area contributed by atoms with Crippen LogP contribution in [0.15, 0.2) is 47.6 Å². The average Bonchev–Trinajstić information content (AvgIpc) is 2.49. The second-order valence-electron chi connectivity index (χ2n) is 4.36. The minimum Gasteiger partial charge on any atom is -0.465 e. The maximum atomic E-state index is 11.8. The Morgan fingerprint density at radius 1 is 1.29 bits per heavy atom. The smallest absolute Gasteiger partial charge is 0.338 e. The molecule has 1 aromatic carbocycles. The van der Waals surface area contributed by atoms with Crippen molar-refractivity contribution in [3.8, 4) is 0 Å². The first-order valence-corrected chi connectivity index (χ1v) is 6.76. The number of carbonyl (C=O) groups is 1. The Morgan fingerprint density at radius 3 is 2.62 bits per heavy atom. The lowest BCUT2D eigenvalue weighted by Crippen LogP contribution is -2.06. The molecule has 0 bridgehead atoms. The number of rotatable bonds is 6. The van der Waals surface area contributed by atoms with E-state index in [0.29, 0.717) is 12.2 Å². The first-order valence-electron chi connectivity index (χ1n) is 6.76. The van der Waals surface area contributed by atoms with Crippen molar-refractivity contribution >= 4 is 17.3 Å². The Balaban J connectivity index is 2.95. The number of oxime groups is 1. The molecule has 0 atom stereocenters. The molecule has 0 saturated heterocycles. The van der Waals surface area contributed by atoms with Crippen molar-refractivity contribution < 1.29 is 14.4 Å². The Bertz CT molecular complexity index is 571. The standard InChI is InChI=1S/C17H21NO3/c1-5-9-13(3)18-21-12-14-10-7-8-11-16(14)15(6-2)17(19)20-4/h5-11H,12H2,1-4H3/b9-5+,15-6+,18-13-. The number of benzene rings is 1. The van der Waals surface area contributed by atoms with Crippen LogP contribution < -0.4 is 0 Å². The molecule has 0 saturated carbocycles. The molecule has 112 valence electrons. The number of hydrogen-bond acceptors (Lipinski definition) is 4. The molecule has 0 unspecified atom stereocenters. The summed E-state index contributed by atoms with van der Waals surface area (Å²) in [5.74, 6) is -0.362. The molecular weight excluding hydrogens is 266 g/mol. The Labute approximate surface area is 125 Å². The Hall–Kier alpha value is -2.36. The monoisotopic (exact) mass is 287 g/mol. The van der Waals surface area contributed by atoms with Crippen molar-refractivity contribution in [3.63, 3.8) is 0 Å². The fourth-order valence-electron chi connectivity index (χ4n) is 1.88. The van der Waals surface area contributed by atoms with Gasteiger partial charge in [0.05, 0.1) is 18.4 Å². The summed E-state index contributed by atoms with van der Waals surface area (Å²) in [7, 11) is 1.37. The van der Waals surface area contributed by atoms with E-state index in [9.17, 15) is 4.79 Å². The van der Waals surface area contributed by atoms with E-state index in [2.05, 4.69) is 5.16 Å². The zero-order valence-electron chi connectivity index (χ0n) is 12.9. The number of nitrogens with zero attached hydrogens (tertiary/aromatic N) is 1. The molecule has 0 aliphatic heterocycles. The van der Waals surface area contributed by atoms with E-state index in [-0.39, 0.29) is 5.97 Å². The van der Waals surface area contributed by atoms with Crippen molar-refractivity contribution in [2.24, 2.45) is 5.16 Å². The predicted molar refractivity (Wildman–Crippen MR) is 84.8 cm³/mol. The zero-order valence-corrected chi connectivity index (χ0v) is 12.9. The maximum absolute atomic E-state index is 11.8. The molecule has 0 spiro atoms. The van der Waals surface area contributed by atoms with E-state index in [0.717, 1.165) is 16.8 Å². The summed E-state index contributed by atoms with van der Waals surface area (Å²) in [5, 5.41) is 3.99. The number of ether oxygens (including phenoxy) is 1. The molecule has 0 aromatic heterocycles. The molecule has 1 aromatic rings. The molecule has 0 heterocycles. The van der Waals surface area contributed by atoms with Crippen LogP contribution in [0.3, 0.4) is 0 Å². The molecule has 0 aliphatic carbocycles. The summed E-state index contributed by atoms with van der Waals surface area (Å²) < 4.78 is 4.80. The lowest BCUT2D eigenvalue weighted by Gasteiger charge is -2.10. The van der Waals surface area contributed by atoms with Crippen LogP contribution in [-0.4, -0.2) is 18.8 Å². The number of carbonyl (C=O) groups excluding carboxylic acids is 1. The summed E-state index contributed by atoms with van der Waals surface area (Å²) in [6.07, 6.45) is 5.49. The lowest BCUT2D eigenvalue weighted by molar-refractivity contribution is -0.133. The number of methoxy groups -OCH3 is 1. The number of allylic oxidation sites excluding steroid dienone is 3. The molecule has 0 fully saturated rings. The molecule has 0 N–H and O–H groups in total.